The van der Waals surface area contributed by atoms with Gasteiger partial charge in [0, 0.05) is 4.88 Å². The van der Waals surface area contributed by atoms with Gasteiger partial charge in [0.1, 0.15) is 6.61 Å². The Bertz CT molecular complexity index is 706. The van der Waals surface area contributed by atoms with Crippen molar-refractivity contribution >= 4 is 23.1 Å². The van der Waals surface area contributed by atoms with Crippen LogP contribution in [0.15, 0.2) is 36.4 Å². The molecule has 2 aromatic rings. The topological polar surface area (TPSA) is 61.8 Å². The molecule has 1 aromatic carbocycles. The number of hydrogen-bond donors (Lipinski definition) is 0. The van der Waals surface area contributed by atoms with E-state index in [1.54, 1.807) is 24.3 Å². The number of fused-ring (bicyclic) bond motifs is 1. The molecule has 0 bridgehead atoms. The van der Waals surface area contributed by atoms with E-state index in [2.05, 4.69) is 0 Å². The van der Waals surface area contributed by atoms with E-state index >= 15 is 0 Å². The molecule has 0 radical (unpaired) electrons. The van der Waals surface area contributed by atoms with E-state index in [4.69, 9.17) is 14.2 Å². The van der Waals surface area contributed by atoms with Gasteiger partial charge in [-0.15, -0.1) is 11.3 Å². The first-order chi connectivity index (χ1) is 10.6. The monoisotopic (exact) mass is 318 g/mol. The van der Waals surface area contributed by atoms with E-state index in [0.717, 1.165) is 4.88 Å². The maximum absolute atomic E-state index is 12.0. The lowest BCUT2D eigenvalue weighted by atomic mass is 10.2. The lowest BCUT2D eigenvalue weighted by Gasteiger charge is -2.24. The summed E-state index contributed by atoms with van der Waals surface area (Å²) in [5.41, 5.74) is 0. The number of ether oxygens (including phenoxy) is 3. The van der Waals surface area contributed by atoms with Crippen molar-refractivity contribution in [2.24, 2.45) is 0 Å². The number of aryl methyl sites for hydroxylation is 1. The van der Waals surface area contributed by atoms with Crippen LogP contribution in [0.5, 0.6) is 11.5 Å². The molecule has 1 unspecified atom stereocenters. The van der Waals surface area contributed by atoms with E-state index in [9.17, 15) is 9.59 Å². The average molecular weight is 318 g/mol. The predicted molar refractivity (Wildman–Crippen MR) is 80.7 cm³/mol. The van der Waals surface area contributed by atoms with Crippen molar-refractivity contribution in [3.05, 3.63) is 46.2 Å². The van der Waals surface area contributed by atoms with Gasteiger partial charge in [-0.1, -0.05) is 12.1 Å². The number of esters is 1. The van der Waals surface area contributed by atoms with E-state index in [1.807, 2.05) is 19.1 Å². The van der Waals surface area contributed by atoms with Crippen molar-refractivity contribution in [3.8, 4) is 11.5 Å². The smallest absolute Gasteiger partial charge is 0.351 e. The van der Waals surface area contributed by atoms with Crippen LogP contribution in [0, 0.1) is 6.92 Å². The minimum atomic E-state index is -0.854. The summed E-state index contributed by atoms with van der Waals surface area (Å²) in [6.45, 7) is 1.69. The van der Waals surface area contributed by atoms with Crippen LogP contribution in [0.25, 0.3) is 0 Å². The first-order valence-electron chi connectivity index (χ1n) is 6.78. The SMILES string of the molecule is Cc1ccc(C(=O)COC(=O)C2COc3ccccc3O2)s1. The molecule has 1 atom stereocenters. The Kier molecular flexibility index (Phi) is 4.11. The molecule has 0 N–H and O–H groups in total. The molecule has 0 saturated heterocycles. The van der Waals surface area contributed by atoms with Crippen LogP contribution in [0.4, 0.5) is 0 Å². The predicted octanol–water partition coefficient (Wildman–Crippen LogP) is 2.62. The average Bonchev–Trinajstić information content (AvgIpc) is 2.98. The minimum absolute atomic E-state index is 0.0716. The van der Waals surface area contributed by atoms with Crippen LogP contribution in [0.2, 0.25) is 0 Å². The van der Waals surface area contributed by atoms with E-state index in [1.165, 1.54) is 11.3 Å². The number of rotatable bonds is 4. The lowest BCUT2D eigenvalue weighted by molar-refractivity contribution is -0.153. The van der Waals surface area contributed by atoms with Crippen molar-refractivity contribution in [2.75, 3.05) is 13.2 Å². The zero-order chi connectivity index (χ0) is 15.5. The Hall–Kier alpha value is -2.34. The van der Waals surface area contributed by atoms with Gasteiger partial charge in [-0.05, 0) is 31.2 Å². The fraction of sp³-hybridized carbons (Fsp3) is 0.250. The molecular weight excluding hydrogens is 304 g/mol. The van der Waals surface area contributed by atoms with Crippen molar-refractivity contribution in [1.29, 1.82) is 0 Å². The highest BCUT2D eigenvalue weighted by Gasteiger charge is 2.29. The van der Waals surface area contributed by atoms with Gasteiger partial charge in [0.05, 0.1) is 4.88 Å². The zero-order valence-corrected chi connectivity index (χ0v) is 12.7. The molecule has 2 heterocycles. The molecule has 0 saturated carbocycles. The van der Waals surface area contributed by atoms with Gasteiger partial charge in [-0.25, -0.2) is 4.79 Å². The van der Waals surface area contributed by atoms with E-state index < -0.39 is 12.1 Å². The quantitative estimate of drug-likeness (QED) is 0.640. The first-order valence-corrected chi connectivity index (χ1v) is 7.60. The summed E-state index contributed by atoms with van der Waals surface area (Å²) in [5, 5.41) is 0. The summed E-state index contributed by atoms with van der Waals surface area (Å²) in [5.74, 6) is 0.271. The highest BCUT2D eigenvalue weighted by atomic mass is 32.1. The molecule has 0 amide bonds. The molecule has 114 valence electrons. The maximum atomic E-state index is 12.0. The van der Waals surface area contributed by atoms with Crippen LogP contribution in [0.3, 0.4) is 0 Å². The number of ketones is 1. The van der Waals surface area contributed by atoms with E-state index in [0.29, 0.717) is 16.4 Å². The first kappa shape index (κ1) is 14.6. The molecule has 1 aliphatic rings. The van der Waals surface area contributed by atoms with E-state index in [-0.39, 0.29) is 19.0 Å². The van der Waals surface area contributed by atoms with Gasteiger partial charge in [-0.2, -0.15) is 0 Å². The Morgan fingerprint density at radius 3 is 2.73 bits per heavy atom. The number of benzene rings is 1. The summed E-state index contributed by atoms with van der Waals surface area (Å²) >= 11 is 1.38. The van der Waals surface area contributed by atoms with Crippen LogP contribution >= 0.6 is 11.3 Å². The molecule has 0 fully saturated rings. The molecule has 1 aliphatic heterocycles. The third kappa shape index (κ3) is 3.12. The molecule has 1 aromatic heterocycles. The molecule has 5 nitrogen and oxygen atoms in total. The van der Waals surface area contributed by atoms with Gasteiger partial charge in [0.15, 0.2) is 18.1 Å². The van der Waals surface area contributed by atoms with Crippen LogP contribution in [-0.4, -0.2) is 31.1 Å². The Labute approximate surface area is 131 Å². The number of Topliss-reactive ketones (excluding diaryl/α,β-unsaturated/α-hetero) is 1. The molecular formula is C16H14O5S. The van der Waals surface area contributed by atoms with Gasteiger partial charge in [0.2, 0.25) is 11.9 Å². The summed E-state index contributed by atoms with van der Waals surface area (Å²) in [6, 6.07) is 10.7. The summed E-state index contributed by atoms with van der Waals surface area (Å²) in [4.78, 5) is 25.5. The maximum Gasteiger partial charge on any atom is 0.351 e. The lowest BCUT2D eigenvalue weighted by Crippen LogP contribution is -2.38. The second-order valence-corrected chi connectivity index (χ2v) is 6.09. The number of carbonyl (C=O) groups is 2. The fourth-order valence-electron chi connectivity index (χ4n) is 2.02. The summed E-state index contributed by atoms with van der Waals surface area (Å²) in [7, 11) is 0. The third-order valence-corrected chi connectivity index (χ3v) is 4.17. The third-order valence-electron chi connectivity index (χ3n) is 3.13. The summed E-state index contributed by atoms with van der Waals surface area (Å²) in [6.07, 6.45) is -0.854. The molecule has 6 heteroatoms. The normalized spacial score (nSPS) is 16.1. The highest BCUT2D eigenvalue weighted by molar-refractivity contribution is 7.14. The number of para-hydroxylation sites is 2. The van der Waals surface area contributed by atoms with Crippen molar-refractivity contribution in [3.63, 3.8) is 0 Å². The van der Waals surface area contributed by atoms with Crippen LogP contribution in [0.1, 0.15) is 14.5 Å². The standard InChI is InChI=1S/C16H14O5S/c1-10-6-7-15(22-10)11(17)8-20-16(18)14-9-19-12-4-2-3-5-13(12)21-14/h2-7,14H,8-9H2,1H3. The Morgan fingerprint density at radius 2 is 2.00 bits per heavy atom. The number of thiophene rings is 1. The van der Waals surface area contributed by atoms with Gasteiger partial charge in [-0.3, -0.25) is 4.79 Å². The number of hydrogen-bond acceptors (Lipinski definition) is 6. The fourth-order valence-corrected chi connectivity index (χ4v) is 2.81. The minimum Gasteiger partial charge on any atom is -0.485 e. The van der Waals surface area contributed by atoms with Crippen LogP contribution in [-0.2, 0) is 9.53 Å². The molecule has 22 heavy (non-hydrogen) atoms. The molecule has 3 rings (SSSR count). The Balaban J connectivity index is 1.56. The molecule has 0 spiro atoms. The molecule has 0 aliphatic carbocycles. The second-order valence-electron chi connectivity index (χ2n) is 4.81. The highest BCUT2D eigenvalue weighted by Crippen LogP contribution is 2.31. The van der Waals surface area contributed by atoms with Crippen molar-refractivity contribution in [2.45, 2.75) is 13.0 Å². The zero-order valence-electron chi connectivity index (χ0n) is 11.9. The van der Waals surface area contributed by atoms with Gasteiger partial charge < -0.3 is 14.2 Å². The largest absolute Gasteiger partial charge is 0.485 e. The number of carbonyl (C=O) groups excluding carboxylic acids is 2. The van der Waals surface area contributed by atoms with Crippen molar-refractivity contribution < 1.29 is 23.8 Å². The Morgan fingerprint density at radius 1 is 1.23 bits per heavy atom. The summed E-state index contributed by atoms with van der Waals surface area (Å²) < 4.78 is 16.0. The van der Waals surface area contributed by atoms with Crippen molar-refractivity contribution in [1.82, 2.24) is 0 Å². The van der Waals surface area contributed by atoms with Gasteiger partial charge >= 0.3 is 5.97 Å². The van der Waals surface area contributed by atoms with Gasteiger partial charge in [0.25, 0.3) is 0 Å². The second kappa shape index (κ2) is 6.19. The van der Waals surface area contributed by atoms with Crippen LogP contribution < -0.4 is 9.47 Å².